The molecule has 2 amide bonds. The van der Waals surface area contributed by atoms with Crippen LogP contribution in [-0.4, -0.2) is 36.6 Å². The summed E-state index contributed by atoms with van der Waals surface area (Å²) in [6, 6.07) is 7.66. The number of anilines is 1. The summed E-state index contributed by atoms with van der Waals surface area (Å²) in [5.41, 5.74) is 6.53. The van der Waals surface area contributed by atoms with Crippen LogP contribution in [-0.2, 0) is 0 Å². The predicted molar refractivity (Wildman–Crippen MR) is 74.0 cm³/mol. The van der Waals surface area contributed by atoms with Crippen LogP contribution < -0.4 is 10.6 Å². The molecule has 1 atom stereocenters. The van der Waals surface area contributed by atoms with Gasteiger partial charge in [0.25, 0.3) is 0 Å². The topological polar surface area (TPSA) is 49.6 Å². The first kappa shape index (κ1) is 13.0. The third-order valence-electron chi connectivity index (χ3n) is 3.43. The van der Waals surface area contributed by atoms with Crippen molar-refractivity contribution in [3.63, 3.8) is 0 Å². The lowest BCUT2D eigenvalue weighted by Crippen LogP contribution is -2.56. The Hall–Kier alpha value is -1.42. The molecule has 0 saturated carbocycles. The van der Waals surface area contributed by atoms with E-state index in [2.05, 4.69) is 11.8 Å². The monoisotopic (exact) mass is 267 g/mol. The van der Waals surface area contributed by atoms with Gasteiger partial charge in [0, 0.05) is 30.3 Å². The Labute approximate surface area is 112 Å². The van der Waals surface area contributed by atoms with Gasteiger partial charge in [0.15, 0.2) is 0 Å². The summed E-state index contributed by atoms with van der Waals surface area (Å²) in [7, 11) is 0. The summed E-state index contributed by atoms with van der Waals surface area (Å²) >= 11 is 5.88. The van der Waals surface area contributed by atoms with E-state index in [1.54, 1.807) is 4.90 Å². The van der Waals surface area contributed by atoms with Gasteiger partial charge in [-0.3, -0.25) is 0 Å². The molecule has 0 spiro atoms. The molecule has 0 aromatic heterocycles. The zero-order chi connectivity index (χ0) is 13.1. The maximum absolute atomic E-state index is 11.3. The van der Waals surface area contributed by atoms with Crippen molar-refractivity contribution in [1.29, 1.82) is 0 Å². The first-order valence-electron chi connectivity index (χ1n) is 6.18. The van der Waals surface area contributed by atoms with Crippen molar-refractivity contribution in [2.24, 2.45) is 5.73 Å². The van der Waals surface area contributed by atoms with Gasteiger partial charge < -0.3 is 15.5 Å². The Morgan fingerprint density at radius 3 is 2.61 bits per heavy atom. The van der Waals surface area contributed by atoms with Gasteiger partial charge in [0.05, 0.1) is 6.04 Å². The van der Waals surface area contributed by atoms with E-state index in [-0.39, 0.29) is 12.1 Å². The molecule has 1 aromatic carbocycles. The lowest BCUT2D eigenvalue weighted by molar-refractivity contribution is 0.172. The van der Waals surface area contributed by atoms with Gasteiger partial charge in [-0.2, -0.15) is 0 Å². The maximum Gasteiger partial charge on any atom is 0.315 e. The number of hydrogen-bond donors (Lipinski definition) is 1. The van der Waals surface area contributed by atoms with E-state index in [9.17, 15) is 4.79 Å². The highest BCUT2D eigenvalue weighted by Crippen LogP contribution is 2.22. The van der Waals surface area contributed by atoms with E-state index < -0.39 is 0 Å². The van der Waals surface area contributed by atoms with Gasteiger partial charge in [-0.15, -0.1) is 0 Å². The molecule has 4 nitrogen and oxygen atoms in total. The Bertz CT molecular complexity index is 421. The average Bonchev–Trinajstić information content (AvgIpc) is 2.38. The number of nitrogens with two attached hydrogens (primary N) is 1. The number of nitrogens with zero attached hydrogens (tertiary/aromatic N) is 2. The number of halogens is 1. The smallest absolute Gasteiger partial charge is 0.315 e. The van der Waals surface area contributed by atoms with Crippen molar-refractivity contribution < 1.29 is 4.79 Å². The van der Waals surface area contributed by atoms with Gasteiger partial charge in [-0.25, -0.2) is 4.79 Å². The first-order valence-corrected chi connectivity index (χ1v) is 6.56. The van der Waals surface area contributed by atoms with E-state index in [1.807, 2.05) is 24.3 Å². The Morgan fingerprint density at radius 1 is 1.39 bits per heavy atom. The molecule has 5 heteroatoms. The van der Waals surface area contributed by atoms with Crippen molar-refractivity contribution in [1.82, 2.24) is 4.90 Å². The van der Waals surface area contributed by atoms with Crippen LogP contribution in [0.1, 0.15) is 13.3 Å². The molecule has 2 N–H and O–H groups in total. The summed E-state index contributed by atoms with van der Waals surface area (Å²) in [6.07, 6.45) is 0.910. The number of carbonyl (C=O) groups excluding carboxylic acids is 1. The molecule has 0 aliphatic carbocycles. The number of hydrogen-bond acceptors (Lipinski definition) is 2. The molecule has 0 bridgehead atoms. The second-order valence-corrected chi connectivity index (χ2v) is 4.95. The fourth-order valence-electron chi connectivity index (χ4n) is 2.38. The summed E-state index contributed by atoms with van der Waals surface area (Å²) in [6.45, 7) is 4.38. The van der Waals surface area contributed by atoms with Crippen molar-refractivity contribution in [2.75, 3.05) is 24.5 Å². The largest absolute Gasteiger partial charge is 0.368 e. The summed E-state index contributed by atoms with van der Waals surface area (Å²) in [5.74, 6) is 0. The fraction of sp³-hybridized carbons (Fsp3) is 0.462. The molecule has 0 radical (unpaired) electrons. The van der Waals surface area contributed by atoms with E-state index in [1.165, 1.54) is 0 Å². The second-order valence-electron chi connectivity index (χ2n) is 4.52. The van der Waals surface area contributed by atoms with Crippen molar-refractivity contribution in [3.05, 3.63) is 29.3 Å². The van der Waals surface area contributed by atoms with E-state index >= 15 is 0 Å². The third kappa shape index (κ3) is 2.70. The molecule has 2 rings (SSSR count). The lowest BCUT2D eigenvalue weighted by atomic mass is 10.1. The molecule has 1 saturated heterocycles. The summed E-state index contributed by atoms with van der Waals surface area (Å²) < 4.78 is 0. The van der Waals surface area contributed by atoms with E-state index in [0.717, 1.165) is 30.2 Å². The summed E-state index contributed by atoms with van der Waals surface area (Å²) in [4.78, 5) is 15.3. The van der Waals surface area contributed by atoms with E-state index in [0.29, 0.717) is 6.54 Å². The van der Waals surface area contributed by atoms with Crippen LogP contribution in [0.4, 0.5) is 10.5 Å². The number of benzene rings is 1. The second kappa shape index (κ2) is 5.48. The van der Waals surface area contributed by atoms with E-state index in [4.69, 9.17) is 17.3 Å². The Balaban J connectivity index is 2.09. The number of primary amides is 1. The van der Waals surface area contributed by atoms with Crippen LogP contribution in [0, 0.1) is 0 Å². The molecule has 1 aromatic rings. The van der Waals surface area contributed by atoms with Crippen molar-refractivity contribution in [2.45, 2.75) is 19.4 Å². The fourth-order valence-corrected chi connectivity index (χ4v) is 2.51. The van der Waals surface area contributed by atoms with Gasteiger partial charge in [0.1, 0.15) is 0 Å². The summed E-state index contributed by atoms with van der Waals surface area (Å²) in [5, 5.41) is 0.738. The molecule has 1 fully saturated rings. The molecule has 1 aliphatic heterocycles. The van der Waals surface area contributed by atoms with Crippen LogP contribution in [0.5, 0.6) is 0 Å². The first-order chi connectivity index (χ1) is 8.61. The van der Waals surface area contributed by atoms with Crippen LogP contribution in [0.3, 0.4) is 0 Å². The predicted octanol–water partition coefficient (Wildman–Crippen LogP) is 2.32. The zero-order valence-corrected chi connectivity index (χ0v) is 11.2. The SMILES string of the molecule is CCC1CN(c2ccc(Cl)cc2)CCN1C(N)=O. The lowest BCUT2D eigenvalue weighted by Gasteiger charge is -2.41. The number of urea groups is 1. The van der Waals surface area contributed by atoms with Gasteiger partial charge in [0.2, 0.25) is 0 Å². The highest BCUT2D eigenvalue weighted by Gasteiger charge is 2.27. The van der Waals surface area contributed by atoms with Crippen LogP contribution in [0.25, 0.3) is 0 Å². The number of piperazine rings is 1. The zero-order valence-electron chi connectivity index (χ0n) is 10.5. The Morgan fingerprint density at radius 2 is 2.06 bits per heavy atom. The van der Waals surface area contributed by atoms with Crippen LogP contribution in [0.2, 0.25) is 5.02 Å². The van der Waals surface area contributed by atoms with Gasteiger partial charge >= 0.3 is 6.03 Å². The molecule has 1 heterocycles. The standard InChI is InChI=1S/C13H18ClN3O/c1-2-11-9-16(7-8-17(11)13(15)18)12-5-3-10(14)4-6-12/h3-6,11H,2,7-9H2,1H3,(H2,15,18). The van der Waals surface area contributed by atoms with Crippen molar-refractivity contribution >= 4 is 23.3 Å². The maximum atomic E-state index is 11.3. The van der Waals surface area contributed by atoms with Crippen LogP contribution >= 0.6 is 11.6 Å². The molecule has 98 valence electrons. The number of rotatable bonds is 2. The normalized spacial score (nSPS) is 20.0. The number of carbonyl (C=O) groups is 1. The minimum atomic E-state index is -0.322. The minimum Gasteiger partial charge on any atom is -0.368 e. The molecular weight excluding hydrogens is 250 g/mol. The third-order valence-corrected chi connectivity index (χ3v) is 3.68. The molecule has 1 aliphatic rings. The quantitative estimate of drug-likeness (QED) is 0.894. The average molecular weight is 268 g/mol. The van der Waals surface area contributed by atoms with Crippen molar-refractivity contribution in [3.8, 4) is 0 Å². The molecule has 1 unspecified atom stereocenters. The minimum absolute atomic E-state index is 0.187. The van der Waals surface area contributed by atoms with Gasteiger partial charge in [-0.05, 0) is 30.7 Å². The molecule has 18 heavy (non-hydrogen) atoms. The number of amides is 2. The molecular formula is C13H18ClN3O. The van der Waals surface area contributed by atoms with Crippen LogP contribution in [0.15, 0.2) is 24.3 Å². The highest BCUT2D eigenvalue weighted by atomic mass is 35.5. The Kier molecular flexibility index (Phi) is 3.97. The highest BCUT2D eigenvalue weighted by molar-refractivity contribution is 6.30. The van der Waals surface area contributed by atoms with Gasteiger partial charge in [-0.1, -0.05) is 18.5 Å².